The Morgan fingerprint density at radius 3 is 2.23 bits per heavy atom. The smallest absolute Gasteiger partial charge is 0.310 e. The Balaban J connectivity index is 1.51. The molecule has 0 saturated carbocycles. The summed E-state index contributed by atoms with van der Waals surface area (Å²) in [5, 5.41) is 17.7. The van der Waals surface area contributed by atoms with Crippen LogP contribution >= 0.6 is 11.3 Å². The molecule has 0 unspecified atom stereocenters. The molecule has 0 aliphatic rings. The summed E-state index contributed by atoms with van der Waals surface area (Å²) < 4.78 is 15.6. The number of thiophene rings is 1. The van der Waals surface area contributed by atoms with E-state index in [1.165, 1.54) is 31.1 Å². The molecule has 0 bridgehead atoms. The van der Waals surface area contributed by atoms with Crippen molar-refractivity contribution in [2.24, 2.45) is 0 Å². The number of benzene rings is 5. The molecule has 192 valence electrons. The number of furan rings is 1. The van der Waals surface area contributed by atoms with Crippen LogP contribution in [0.3, 0.4) is 0 Å². The van der Waals surface area contributed by atoms with E-state index in [1.54, 1.807) is 13.8 Å². The first-order valence-electron chi connectivity index (χ1n) is 13.4. The predicted octanol–water partition coefficient (Wildman–Crippen LogP) is 8.32. The van der Waals surface area contributed by atoms with Crippen molar-refractivity contribution in [1.29, 1.82) is 0 Å². The zero-order valence-corrected chi connectivity index (χ0v) is 23.4. The van der Waals surface area contributed by atoms with Crippen molar-refractivity contribution in [3.05, 3.63) is 91.0 Å². The van der Waals surface area contributed by atoms with E-state index < -0.39 is 11.2 Å². The van der Waals surface area contributed by atoms with Crippen LogP contribution in [-0.4, -0.2) is 23.8 Å². The minimum atomic E-state index is -0.990. The highest BCUT2D eigenvalue weighted by Gasteiger charge is 2.36. The average molecular weight is 528 g/mol. The van der Waals surface area contributed by atoms with Gasteiger partial charge < -0.3 is 14.2 Å². The first-order valence-corrected chi connectivity index (χ1v) is 14.2. The molecule has 7 aromatic rings. The molecule has 0 amide bonds. The summed E-state index contributed by atoms with van der Waals surface area (Å²) in [6.45, 7) is 7.44. The first kappa shape index (κ1) is 24.4. The molecule has 0 atom stereocenters. The average Bonchev–Trinajstić information content (AvgIpc) is 3.48. The Morgan fingerprint density at radius 1 is 0.718 bits per heavy atom. The van der Waals surface area contributed by atoms with Crippen LogP contribution in [0.25, 0.3) is 64.0 Å². The van der Waals surface area contributed by atoms with E-state index in [2.05, 4.69) is 91.0 Å². The van der Waals surface area contributed by atoms with Crippen molar-refractivity contribution < 1.29 is 14.2 Å². The summed E-state index contributed by atoms with van der Waals surface area (Å²) >= 11 is 1.82. The van der Waals surface area contributed by atoms with Crippen molar-refractivity contribution >= 4 is 77.2 Å². The minimum Gasteiger partial charge on any atom is -0.455 e. The fourth-order valence-electron chi connectivity index (χ4n) is 5.40. The van der Waals surface area contributed by atoms with Gasteiger partial charge in [-0.2, -0.15) is 0 Å². The van der Waals surface area contributed by atoms with Gasteiger partial charge in [0.25, 0.3) is 0 Å². The third-order valence-electron chi connectivity index (χ3n) is 8.33. The van der Waals surface area contributed by atoms with Gasteiger partial charge in [-0.05, 0) is 73.8 Å². The second-order valence-electron chi connectivity index (χ2n) is 11.4. The van der Waals surface area contributed by atoms with Gasteiger partial charge in [0.15, 0.2) is 0 Å². The number of fused-ring (bicyclic) bond motifs is 7. The van der Waals surface area contributed by atoms with Gasteiger partial charge in [-0.1, -0.05) is 66.7 Å². The van der Waals surface area contributed by atoms with Crippen LogP contribution in [0.1, 0.15) is 27.7 Å². The fourth-order valence-corrected chi connectivity index (χ4v) is 6.53. The van der Waals surface area contributed by atoms with Crippen molar-refractivity contribution in [1.82, 2.24) is 0 Å². The van der Waals surface area contributed by atoms with E-state index in [-0.39, 0.29) is 0 Å². The molecule has 5 aromatic carbocycles. The van der Waals surface area contributed by atoms with E-state index in [1.807, 2.05) is 25.2 Å². The van der Waals surface area contributed by atoms with Gasteiger partial charge in [0.05, 0.1) is 11.2 Å². The minimum absolute atomic E-state index is 0.362. The lowest BCUT2D eigenvalue weighted by atomic mass is 9.79. The van der Waals surface area contributed by atoms with E-state index in [0.29, 0.717) is 7.48 Å². The third kappa shape index (κ3) is 3.88. The summed E-state index contributed by atoms with van der Waals surface area (Å²) in [5.74, 6) is 0. The van der Waals surface area contributed by atoms with Gasteiger partial charge in [0.2, 0.25) is 0 Å². The van der Waals surface area contributed by atoms with Gasteiger partial charge in [-0.15, -0.1) is 11.3 Å². The Labute approximate surface area is 231 Å². The molecule has 0 fully saturated rings. The second-order valence-corrected chi connectivity index (χ2v) is 12.5. The highest BCUT2D eigenvalue weighted by Crippen LogP contribution is 2.43. The van der Waals surface area contributed by atoms with E-state index in [4.69, 9.17) is 9.07 Å². The van der Waals surface area contributed by atoms with Crippen LogP contribution in [0.2, 0.25) is 0 Å². The van der Waals surface area contributed by atoms with E-state index >= 15 is 0 Å². The Hall–Kier alpha value is -3.64. The molecular weight excluding hydrogens is 499 g/mol. The van der Waals surface area contributed by atoms with Crippen LogP contribution in [0.5, 0.6) is 0 Å². The lowest BCUT2D eigenvalue weighted by molar-refractivity contribution is -0.0893. The predicted molar refractivity (Wildman–Crippen MR) is 168 cm³/mol. The second kappa shape index (κ2) is 8.69. The maximum atomic E-state index is 10.7. The molecule has 0 saturated heterocycles. The highest BCUT2D eigenvalue weighted by molar-refractivity contribution is 7.25. The van der Waals surface area contributed by atoms with Gasteiger partial charge in [0.1, 0.15) is 11.2 Å². The van der Waals surface area contributed by atoms with Crippen molar-refractivity contribution in [3.63, 3.8) is 0 Å². The molecular formula is C34H29BO3S. The van der Waals surface area contributed by atoms with Crippen molar-refractivity contribution in [2.75, 3.05) is 0 Å². The van der Waals surface area contributed by atoms with Crippen molar-refractivity contribution in [3.8, 4) is 11.1 Å². The normalized spacial score (nSPS) is 12.8. The SMILES string of the molecule is CC(C)(O)C(C)(C)OBc1ccc(-c2cccc3sc4ccccc4c23)c2oc3cc4ccccc4cc3c12. The number of hydrogen-bond acceptors (Lipinski definition) is 4. The van der Waals surface area contributed by atoms with Gasteiger partial charge in [-0.25, -0.2) is 0 Å². The zero-order valence-electron chi connectivity index (χ0n) is 22.5. The van der Waals surface area contributed by atoms with Crippen LogP contribution in [0, 0.1) is 0 Å². The molecule has 7 rings (SSSR count). The highest BCUT2D eigenvalue weighted by atomic mass is 32.1. The monoisotopic (exact) mass is 528 g/mol. The number of rotatable bonds is 5. The molecule has 2 aromatic heterocycles. The number of aliphatic hydroxyl groups is 1. The van der Waals surface area contributed by atoms with E-state index in [9.17, 15) is 5.11 Å². The molecule has 3 nitrogen and oxygen atoms in total. The zero-order chi connectivity index (χ0) is 26.9. The Kier molecular flexibility index (Phi) is 5.44. The summed E-state index contributed by atoms with van der Waals surface area (Å²) in [7, 11) is 0.362. The summed E-state index contributed by atoms with van der Waals surface area (Å²) in [6, 6.07) is 32.2. The van der Waals surface area contributed by atoms with Gasteiger partial charge in [-0.3, -0.25) is 0 Å². The maximum Gasteiger partial charge on any atom is 0.310 e. The largest absolute Gasteiger partial charge is 0.455 e. The lowest BCUT2D eigenvalue weighted by Gasteiger charge is -2.37. The molecule has 0 aliphatic carbocycles. The molecule has 0 spiro atoms. The van der Waals surface area contributed by atoms with Gasteiger partial charge in [0, 0.05) is 36.5 Å². The lowest BCUT2D eigenvalue weighted by Crippen LogP contribution is -2.49. The Morgan fingerprint density at radius 2 is 1.44 bits per heavy atom. The third-order valence-corrected chi connectivity index (χ3v) is 9.46. The summed E-state index contributed by atoms with van der Waals surface area (Å²) in [4.78, 5) is 0. The number of hydrogen-bond donors (Lipinski definition) is 1. The molecule has 39 heavy (non-hydrogen) atoms. The molecule has 0 radical (unpaired) electrons. The summed E-state index contributed by atoms with van der Waals surface area (Å²) in [6.07, 6.45) is 0. The topological polar surface area (TPSA) is 42.6 Å². The molecule has 5 heteroatoms. The van der Waals surface area contributed by atoms with Crippen LogP contribution < -0.4 is 5.46 Å². The summed E-state index contributed by atoms with van der Waals surface area (Å²) in [5.41, 5.74) is 3.30. The van der Waals surface area contributed by atoms with Crippen molar-refractivity contribution in [2.45, 2.75) is 38.9 Å². The molecule has 1 N–H and O–H groups in total. The van der Waals surface area contributed by atoms with Crippen LogP contribution in [-0.2, 0) is 4.65 Å². The first-order chi connectivity index (χ1) is 18.7. The quantitative estimate of drug-likeness (QED) is 0.229. The van der Waals surface area contributed by atoms with Crippen LogP contribution in [0.4, 0.5) is 0 Å². The maximum absolute atomic E-state index is 10.7. The molecule has 0 aliphatic heterocycles. The van der Waals surface area contributed by atoms with Gasteiger partial charge >= 0.3 is 7.48 Å². The fraction of sp³-hybridized carbons (Fsp3) is 0.176. The van der Waals surface area contributed by atoms with Crippen LogP contribution in [0.15, 0.2) is 95.4 Å². The Bertz CT molecular complexity index is 2040. The molecule has 2 heterocycles. The standard InChI is InChI=1S/C34H29BO3S/c1-33(2,36)34(3,4)38-35-26-17-16-23(22-13-9-15-29-30(22)24-12-7-8-14-28(24)39-29)32-31(26)25-18-20-10-5-6-11-21(20)19-27(25)37-32/h5-19,35-36H,1-4H3. The van der Waals surface area contributed by atoms with E-state index in [0.717, 1.165) is 38.4 Å².